The molecule has 0 amide bonds. The standard InChI is InChI=1S/C10H18O2.C2H6/c1-3-8-4-6-9(7-5-8)10(11)12-2;1-2/h8-9H,3-7H2,1-2H3;1-2H3. The van der Waals surface area contributed by atoms with E-state index in [2.05, 4.69) is 6.92 Å². The van der Waals surface area contributed by atoms with Crippen LogP contribution in [0.2, 0.25) is 0 Å². The van der Waals surface area contributed by atoms with E-state index in [0.29, 0.717) is 0 Å². The van der Waals surface area contributed by atoms with Gasteiger partial charge >= 0.3 is 5.97 Å². The van der Waals surface area contributed by atoms with E-state index in [4.69, 9.17) is 4.74 Å². The molecule has 0 bridgehead atoms. The van der Waals surface area contributed by atoms with Crippen LogP contribution in [0, 0.1) is 11.8 Å². The second kappa shape index (κ2) is 7.84. The fourth-order valence-corrected chi connectivity index (χ4v) is 1.97. The lowest BCUT2D eigenvalue weighted by atomic mass is 9.81. The molecule has 84 valence electrons. The van der Waals surface area contributed by atoms with Gasteiger partial charge in [0.15, 0.2) is 0 Å². The fourth-order valence-electron chi connectivity index (χ4n) is 1.97. The van der Waals surface area contributed by atoms with Crippen molar-refractivity contribution in [2.75, 3.05) is 7.11 Å². The predicted molar refractivity (Wildman–Crippen MR) is 59.1 cm³/mol. The predicted octanol–water partition coefficient (Wildman–Crippen LogP) is 3.40. The molecule has 0 unspecified atom stereocenters. The zero-order valence-corrected chi connectivity index (χ0v) is 10.0. The third-order valence-electron chi connectivity index (χ3n) is 2.96. The minimum atomic E-state index is -0.00967. The smallest absolute Gasteiger partial charge is 0.308 e. The van der Waals surface area contributed by atoms with Crippen LogP contribution in [-0.4, -0.2) is 13.1 Å². The summed E-state index contributed by atoms with van der Waals surface area (Å²) >= 11 is 0. The number of rotatable bonds is 2. The van der Waals surface area contributed by atoms with Gasteiger partial charge in [-0.25, -0.2) is 0 Å². The van der Waals surface area contributed by atoms with E-state index in [9.17, 15) is 4.79 Å². The maximum Gasteiger partial charge on any atom is 0.308 e. The SMILES string of the molecule is CC.CCC1CCC(C(=O)OC)CC1. The van der Waals surface area contributed by atoms with Crippen LogP contribution in [0.3, 0.4) is 0 Å². The lowest BCUT2D eigenvalue weighted by Crippen LogP contribution is -2.22. The highest BCUT2D eigenvalue weighted by Crippen LogP contribution is 2.30. The van der Waals surface area contributed by atoms with E-state index in [1.54, 1.807) is 0 Å². The van der Waals surface area contributed by atoms with Gasteiger partial charge in [0.1, 0.15) is 0 Å². The van der Waals surface area contributed by atoms with E-state index in [-0.39, 0.29) is 11.9 Å². The van der Waals surface area contributed by atoms with Gasteiger partial charge in [-0.3, -0.25) is 4.79 Å². The zero-order chi connectivity index (χ0) is 11.0. The third kappa shape index (κ3) is 4.12. The van der Waals surface area contributed by atoms with Crippen molar-refractivity contribution in [2.45, 2.75) is 52.9 Å². The third-order valence-corrected chi connectivity index (χ3v) is 2.96. The van der Waals surface area contributed by atoms with Gasteiger partial charge in [0.25, 0.3) is 0 Å². The van der Waals surface area contributed by atoms with Crippen molar-refractivity contribution in [3.05, 3.63) is 0 Å². The van der Waals surface area contributed by atoms with E-state index in [1.165, 1.54) is 26.4 Å². The maximum absolute atomic E-state index is 11.1. The summed E-state index contributed by atoms with van der Waals surface area (Å²) in [5.41, 5.74) is 0. The van der Waals surface area contributed by atoms with Crippen LogP contribution in [0.4, 0.5) is 0 Å². The van der Waals surface area contributed by atoms with Gasteiger partial charge in [-0.05, 0) is 31.6 Å². The van der Waals surface area contributed by atoms with Gasteiger partial charge in [0.05, 0.1) is 13.0 Å². The molecule has 1 saturated carbocycles. The van der Waals surface area contributed by atoms with Gasteiger partial charge in [-0.15, -0.1) is 0 Å². The van der Waals surface area contributed by atoms with E-state index < -0.39 is 0 Å². The largest absolute Gasteiger partial charge is 0.469 e. The van der Waals surface area contributed by atoms with Crippen molar-refractivity contribution in [3.8, 4) is 0 Å². The molecule has 14 heavy (non-hydrogen) atoms. The number of hydrogen-bond acceptors (Lipinski definition) is 2. The first kappa shape index (κ1) is 13.5. The van der Waals surface area contributed by atoms with Crippen molar-refractivity contribution < 1.29 is 9.53 Å². The summed E-state index contributed by atoms with van der Waals surface area (Å²) in [6.07, 6.45) is 5.73. The molecule has 0 radical (unpaired) electrons. The Hall–Kier alpha value is -0.530. The van der Waals surface area contributed by atoms with E-state index in [1.807, 2.05) is 13.8 Å². The van der Waals surface area contributed by atoms with Crippen LogP contribution in [-0.2, 0) is 9.53 Å². The Balaban J connectivity index is 0.000000791. The Morgan fingerprint density at radius 1 is 1.21 bits per heavy atom. The highest BCUT2D eigenvalue weighted by molar-refractivity contribution is 5.72. The van der Waals surface area contributed by atoms with Crippen molar-refractivity contribution >= 4 is 5.97 Å². The monoisotopic (exact) mass is 200 g/mol. The van der Waals surface area contributed by atoms with Crippen molar-refractivity contribution in [2.24, 2.45) is 11.8 Å². The molecule has 2 nitrogen and oxygen atoms in total. The number of hydrogen-bond donors (Lipinski definition) is 0. The van der Waals surface area contributed by atoms with Crippen LogP contribution < -0.4 is 0 Å². The highest BCUT2D eigenvalue weighted by atomic mass is 16.5. The van der Waals surface area contributed by atoms with Crippen LogP contribution in [0.15, 0.2) is 0 Å². The Kier molecular flexibility index (Phi) is 7.54. The Morgan fingerprint density at radius 2 is 1.71 bits per heavy atom. The number of carbonyl (C=O) groups excluding carboxylic acids is 1. The minimum Gasteiger partial charge on any atom is -0.469 e. The normalized spacial score (nSPS) is 26.0. The average molecular weight is 200 g/mol. The van der Waals surface area contributed by atoms with Gasteiger partial charge in [-0.2, -0.15) is 0 Å². The lowest BCUT2D eigenvalue weighted by Gasteiger charge is -2.25. The Morgan fingerprint density at radius 3 is 2.07 bits per heavy atom. The van der Waals surface area contributed by atoms with Gasteiger partial charge in [0, 0.05) is 0 Å². The molecular formula is C12H24O2. The summed E-state index contributed by atoms with van der Waals surface area (Å²) < 4.78 is 4.72. The summed E-state index contributed by atoms with van der Waals surface area (Å²) in [5.74, 6) is 1.04. The molecule has 0 atom stereocenters. The summed E-state index contributed by atoms with van der Waals surface area (Å²) in [5, 5.41) is 0. The Labute approximate surface area is 88.0 Å². The van der Waals surface area contributed by atoms with E-state index in [0.717, 1.165) is 18.8 Å². The van der Waals surface area contributed by atoms with Crippen LogP contribution >= 0.6 is 0 Å². The molecular weight excluding hydrogens is 176 g/mol. The summed E-state index contributed by atoms with van der Waals surface area (Å²) in [4.78, 5) is 11.1. The summed E-state index contributed by atoms with van der Waals surface area (Å²) in [6.45, 7) is 6.23. The van der Waals surface area contributed by atoms with Crippen LogP contribution in [0.5, 0.6) is 0 Å². The molecule has 2 heteroatoms. The molecule has 0 aromatic heterocycles. The molecule has 0 aliphatic heterocycles. The first-order valence-corrected chi connectivity index (χ1v) is 5.85. The van der Waals surface area contributed by atoms with Crippen molar-refractivity contribution in [1.82, 2.24) is 0 Å². The molecule has 1 aliphatic rings. The first-order valence-electron chi connectivity index (χ1n) is 5.85. The van der Waals surface area contributed by atoms with Gasteiger partial charge < -0.3 is 4.74 Å². The fraction of sp³-hybridized carbons (Fsp3) is 0.917. The molecule has 0 spiro atoms. The molecule has 1 fully saturated rings. The molecule has 0 N–H and O–H groups in total. The highest BCUT2D eigenvalue weighted by Gasteiger charge is 2.25. The zero-order valence-electron chi connectivity index (χ0n) is 10.0. The lowest BCUT2D eigenvalue weighted by molar-refractivity contribution is -0.146. The second-order valence-corrected chi connectivity index (χ2v) is 3.65. The topological polar surface area (TPSA) is 26.3 Å². The molecule has 0 saturated heterocycles. The molecule has 1 rings (SSSR count). The first-order chi connectivity index (χ1) is 6.77. The molecule has 1 aliphatic carbocycles. The van der Waals surface area contributed by atoms with Gasteiger partial charge in [0.2, 0.25) is 0 Å². The maximum atomic E-state index is 11.1. The Bertz CT molecular complexity index is 146. The van der Waals surface area contributed by atoms with Crippen LogP contribution in [0.25, 0.3) is 0 Å². The minimum absolute atomic E-state index is 0.00967. The van der Waals surface area contributed by atoms with Gasteiger partial charge in [-0.1, -0.05) is 27.2 Å². The summed E-state index contributed by atoms with van der Waals surface area (Å²) in [7, 11) is 1.48. The van der Waals surface area contributed by atoms with Crippen molar-refractivity contribution in [1.29, 1.82) is 0 Å². The molecule has 0 aromatic carbocycles. The van der Waals surface area contributed by atoms with Crippen molar-refractivity contribution in [3.63, 3.8) is 0 Å². The number of esters is 1. The van der Waals surface area contributed by atoms with Crippen LogP contribution in [0.1, 0.15) is 52.9 Å². The molecule has 0 heterocycles. The quantitative estimate of drug-likeness (QED) is 0.639. The molecule has 0 aromatic rings. The number of ether oxygens (including phenoxy) is 1. The number of carbonyl (C=O) groups is 1. The second-order valence-electron chi connectivity index (χ2n) is 3.65. The number of methoxy groups -OCH3 is 1. The van der Waals surface area contributed by atoms with E-state index >= 15 is 0 Å². The average Bonchev–Trinajstić information content (AvgIpc) is 2.31. The summed E-state index contributed by atoms with van der Waals surface area (Å²) in [6, 6.07) is 0.